The van der Waals surface area contributed by atoms with Gasteiger partial charge in [-0.25, -0.2) is 0 Å². The number of carbonyl (C=O) groups excluding carboxylic acids is 2. The molecule has 5 nitrogen and oxygen atoms in total. The third-order valence-corrected chi connectivity index (χ3v) is 4.80. The van der Waals surface area contributed by atoms with E-state index in [-0.39, 0.29) is 17.9 Å². The average molecular weight is 411 g/mol. The van der Waals surface area contributed by atoms with Crippen molar-refractivity contribution in [3.63, 3.8) is 0 Å². The molecule has 0 aliphatic rings. The highest BCUT2D eigenvalue weighted by Gasteiger charge is 2.28. The van der Waals surface area contributed by atoms with Crippen LogP contribution in [0.4, 0.5) is 0 Å². The summed E-state index contributed by atoms with van der Waals surface area (Å²) < 4.78 is 5.71. The summed E-state index contributed by atoms with van der Waals surface area (Å²) in [4.78, 5) is 27.6. The van der Waals surface area contributed by atoms with Gasteiger partial charge in [0.2, 0.25) is 11.8 Å². The molecule has 1 N–H and O–H groups in total. The van der Waals surface area contributed by atoms with Crippen LogP contribution in [-0.2, 0) is 16.1 Å². The number of aryl methyl sites for hydroxylation is 1. The van der Waals surface area contributed by atoms with Gasteiger partial charge in [0.15, 0.2) is 0 Å². The first-order valence-corrected chi connectivity index (χ1v) is 10.7. The monoisotopic (exact) mass is 410 g/mol. The largest absolute Gasteiger partial charge is 0.494 e. The zero-order valence-electron chi connectivity index (χ0n) is 18.6. The molecule has 0 saturated carbocycles. The third-order valence-electron chi connectivity index (χ3n) is 4.80. The first-order valence-electron chi connectivity index (χ1n) is 10.7. The van der Waals surface area contributed by atoms with Gasteiger partial charge < -0.3 is 15.0 Å². The predicted octanol–water partition coefficient (Wildman–Crippen LogP) is 4.49. The molecule has 5 heteroatoms. The molecule has 0 bridgehead atoms. The highest BCUT2D eigenvalue weighted by molar-refractivity contribution is 5.87. The molecule has 162 valence electrons. The van der Waals surface area contributed by atoms with Crippen molar-refractivity contribution < 1.29 is 14.3 Å². The number of hydrogen-bond acceptors (Lipinski definition) is 3. The quantitative estimate of drug-likeness (QED) is 0.556. The zero-order valence-corrected chi connectivity index (χ0v) is 18.6. The average Bonchev–Trinajstić information content (AvgIpc) is 2.71. The molecule has 0 fully saturated rings. The van der Waals surface area contributed by atoms with Crippen molar-refractivity contribution in [1.82, 2.24) is 10.2 Å². The summed E-state index contributed by atoms with van der Waals surface area (Å²) in [5.74, 6) is 0.664. The van der Waals surface area contributed by atoms with E-state index in [4.69, 9.17) is 4.74 Å². The van der Waals surface area contributed by atoms with Gasteiger partial charge in [-0.2, -0.15) is 0 Å². The lowest BCUT2D eigenvalue weighted by Crippen LogP contribution is -2.50. The minimum absolute atomic E-state index is 0.0288. The van der Waals surface area contributed by atoms with Crippen LogP contribution in [0.15, 0.2) is 54.6 Å². The summed E-state index contributed by atoms with van der Waals surface area (Å²) in [5, 5.41) is 2.96. The number of amides is 2. The predicted molar refractivity (Wildman–Crippen MR) is 120 cm³/mol. The smallest absolute Gasteiger partial charge is 0.243 e. The molecular weight excluding hydrogens is 376 g/mol. The maximum absolute atomic E-state index is 13.1. The van der Waals surface area contributed by atoms with Crippen LogP contribution < -0.4 is 10.1 Å². The molecular formula is C25H34N2O3. The molecule has 0 unspecified atom stereocenters. The molecule has 0 saturated heterocycles. The molecule has 2 aromatic rings. The van der Waals surface area contributed by atoms with Crippen molar-refractivity contribution in [2.75, 3.05) is 6.61 Å². The highest BCUT2D eigenvalue weighted by atomic mass is 16.5. The van der Waals surface area contributed by atoms with E-state index in [1.165, 1.54) is 0 Å². The topological polar surface area (TPSA) is 58.6 Å². The molecule has 2 aromatic carbocycles. The normalized spacial score (nSPS) is 11.8. The van der Waals surface area contributed by atoms with Crippen molar-refractivity contribution in [3.05, 3.63) is 65.7 Å². The second-order valence-corrected chi connectivity index (χ2v) is 7.86. The van der Waals surface area contributed by atoms with Crippen LogP contribution >= 0.6 is 0 Å². The van der Waals surface area contributed by atoms with E-state index in [0.717, 1.165) is 16.9 Å². The lowest BCUT2D eigenvalue weighted by Gasteiger charge is -2.31. The minimum Gasteiger partial charge on any atom is -0.494 e. The Hall–Kier alpha value is -2.82. The molecule has 0 aliphatic heterocycles. The Bertz CT molecular complexity index is 805. The van der Waals surface area contributed by atoms with Crippen LogP contribution in [-0.4, -0.2) is 35.4 Å². The fraction of sp³-hybridized carbons (Fsp3) is 0.440. The van der Waals surface area contributed by atoms with E-state index in [1.807, 2.05) is 76.2 Å². The van der Waals surface area contributed by atoms with Crippen LogP contribution in [0.3, 0.4) is 0 Å². The molecule has 0 heterocycles. The number of carbonyl (C=O) groups is 2. The van der Waals surface area contributed by atoms with Crippen LogP contribution in [0.1, 0.15) is 51.2 Å². The Morgan fingerprint density at radius 2 is 1.80 bits per heavy atom. The van der Waals surface area contributed by atoms with E-state index in [9.17, 15) is 9.59 Å². The van der Waals surface area contributed by atoms with Crippen LogP contribution in [0, 0.1) is 6.92 Å². The number of rotatable bonds is 11. The van der Waals surface area contributed by atoms with Crippen LogP contribution in [0.25, 0.3) is 0 Å². The van der Waals surface area contributed by atoms with Crippen LogP contribution in [0.2, 0.25) is 0 Å². The van der Waals surface area contributed by atoms with Gasteiger partial charge in [-0.3, -0.25) is 9.59 Å². The number of para-hydroxylation sites is 1. The second kappa shape index (κ2) is 12.0. The Labute approximate surface area is 180 Å². The number of ether oxygens (including phenoxy) is 1. The maximum atomic E-state index is 13.1. The number of nitrogens with zero attached hydrogens (tertiary/aromatic N) is 1. The maximum Gasteiger partial charge on any atom is 0.243 e. The molecule has 0 aliphatic carbocycles. The van der Waals surface area contributed by atoms with Gasteiger partial charge in [-0.15, -0.1) is 0 Å². The Kier molecular flexibility index (Phi) is 9.39. The lowest BCUT2D eigenvalue weighted by molar-refractivity contribution is -0.141. The van der Waals surface area contributed by atoms with E-state index in [2.05, 4.69) is 11.4 Å². The van der Waals surface area contributed by atoms with Gasteiger partial charge in [0.05, 0.1) is 6.61 Å². The number of benzene rings is 2. The summed E-state index contributed by atoms with van der Waals surface area (Å²) in [5.41, 5.74) is 2.16. The van der Waals surface area contributed by atoms with Crippen molar-refractivity contribution in [2.24, 2.45) is 0 Å². The van der Waals surface area contributed by atoms with Crippen molar-refractivity contribution >= 4 is 11.8 Å². The van der Waals surface area contributed by atoms with Crippen molar-refractivity contribution in [3.8, 4) is 5.75 Å². The van der Waals surface area contributed by atoms with Gasteiger partial charge >= 0.3 is 0 Å². The highest BCUT2D eigenvalue weighted by Crippen LogP contribution is 2.16. The Morgan fingerprint density at radius 1 is 1.07 bits per heavy atom. The van der Waals surface area contributed by atoms with Gasteiger partial charge in [0, 0.05) is 19.0 Å². The van der Waals surface area contributed by atoms with Gasteiger partial charge in [0.1, 0.15) is 11.8 Å². The van der Waals surface area contributed by atoms with E-state index < -0.39 is 6.04 Å². The molecule has 2 amide bonds. The molecule has 1 atom stereocenters. The Morgan fingerprint density at radius 3 is 2.43 bits per heavy atom. The van der Waals surface area contributed by atoms with E-state index >= 15 is 0 Å². The Balaban J connectivity index is 2.06. The molecule has 0 radical (unpaired) electrons. The SMILES string of the molecule is CC[C@H](C(=O)NC(C)C)N(Cc1cccc(C)c1)C(=O)CCCOc1ccccc1. The summed E-state index contributed by atoms with van der Waals surface area (Å²) >= 11 is 0. The number of hydrogen-bond donors (Lipinski definition) is 1. The molecule has 0 aromatic heterocycles. The van der Waals surface area contributed by atoms with Crippen molar-refractivity contribution in [1.29, 1.82) is 0 Å². The summed E-state index contributed by atoms with van der Waals surface area (Å²) in [6.45, 7) is 8.71. The first-order chi connectivity index (χ1) is 14.4. The van der Waals surface area contributed by atoms with E-state index in [0.29, 0.717) is 32.4 Å². The minimum atomic E-state index is -0.490. The third kappa shape index (κ3) is 7.54. The number of nitrogens with one attached hydrogen (secondary N) is 1. The fourth-order valence-electron chi connectivity index (χ4n) is 3.38. The lowest BCUT2D eigenvalue weighted by atomic mass is 10.1. The summed E-state index contributed by atoms with van der Waals surface area (Å²) in [6.07, 6.45) is 1.50. The fourth-order valence-corrected chi connectivity index (χ4v) is 3.38. The molecule has 2 rings (SSSR count). The second-order valence-electron chi connectivity index (χ2n) is 7.86. The van der Waals surface area contributed by atoms with Gasteiger partial charge in [-0.05, 0) is 51.3 Å². The molecule has 0 spiro atoms. The summed E-state index contributed by atoms with van der Waals surface area (Å²) in [6, 6.07) is 17.2. The van der Waals surface area contributed by atoms with Crippen LogP contribution in [0.5, 0.6) is 5.75 Å². The van der Waals surface area contributed by atoms with E-state index in [1.54, 1.807) is 4.90 Å². The zero-order chi connectivity index (χ0) is 21.9. The summed E-state index contributed by atoms with van der Waals surface area (Å²) in [7, 11) is 0. The van der Waals surface area contributed by atoms with Gasteiger partial charge in [0.25, 0.3) is 0 Å². The molecule has 30 heavy (non-hydrogen) atoms. The van der Waals surface area contributed by atoms with Crippen molar-refractivity contribution in [2.45, 2.75) is 65.6 Å². The van der Waals surface area contributed by atoms with Gasteiger partial charge in [-0.1, -0.05) is 55.0 Å². The first kappa shape index (κ1) is 23.5. The standard InChI is InChI=1S/C25H34N2O3/c1-5-23(25(29)26-19(2)3)27(18-21-12-9-11-20(4)17-21)24(28)15-10-16-30-22-13-7-6-8-14-22/h6-9,11-14,17,19,23H,5,10,15-16,18H2,1-4H3,(H,26,29)/t23-/m1/s1.